The fraction of sp³-hybridized carbons (Fsp3) is 0. The van der Waals surface area contributed by atoms with E-state index >= 15 is 0 Å². The summed E-state index contributed by atoms with van der Waals surface area (Å²) in [6.07, 6.45) is 0. The average Bonchev–Trinajstić information content (AvgIpc) is 3.82. The summed E-state index contributed by atoms with van der Waals surface area (Å²) in [7, 11) is 0. The van der Waals surface area contributed by atoms with Gasteiger partial charge in [0.05, 0.1) is 51.0 Å². The molecule has 10 aromatic rings. The largest absolute Gasteiger partial charge is 0.309 e. The van der Waals surface area contributed by atoms with Crippen LogP contribution in [0.4, 0.5) is 0 Å². The van der Waals surface area contributed by atoms with Gasteiger partial charge >= 0.3 is 0 Å². The first-order valence-corrected chi connectivity index (χ1v) is 17.0. The molecule has 0 atom stereocenters. The van der Waals surface area contributed by atoms with Gasteiger partial charge in [-0.15, -0.1) is 11.3 Å². The Morgan fingerprint density at radius 2 is 1.16 bits per heavy atom. The summed E-state index contributed by atoms with van der Waals surface area (Å²) in [4.78, 5) is 0. The van der Waals surface area contributed by atoms with Crippen LogP contribution in [0.25, 0.3) is 86.3 Å². The lowest BCUT2D eigenvalue weighted by atomic mass is 9.99. The van der Waals surface area contributed by atoms with Gasteiger partial charge in [0, 0.05) is 53.0 Å². The molecule has 0 saturated heterocycles. The molecule has 5 heteroatoms. The van der Waals surface area contributed by atoms with E-state index < -0.39 is 0 Å². The highest BCUT2D eigenvalue weighted by molar-refractivity contribution is 7.26. The fourth-order valence-electron chi connectivity index (χ4n) is 7.64. The van der Waals surface area contributed by atoms with Crippen LogP contribution in [0, 0.1) is 22.7 Å². The summed E-state index contributed by atoms with van der Waals surface area (Å²) in [5, 5.41) is 26.9. The van der Waals surface area contributed by atoms with E-state index in [4.69, 9.17) is 0 Å². The second-order valence-electron chi connectivity index (χ2n) is 12.4. The van der Waals surface area contributed by atoms with E-state index in [1.54, 1.807) is 0 Å². The summed E-state index contributed by atoms with van der Waals surface area (Å²) in [6, 6.07) is 55.3. The Morgan fingerprint density at radius 1 is 0.469 bits per heavy atom. The topological polar surface area (TPSA) is 57.4 Å². The lowest BCUT2D eigenvalue weighted by molar-refractivity contribution is 1.17. The van der Waals surface area contributed by atoms with Gasteiger partial charge < -0.3 is 9.13 Å². The molecule has 0 unspecified atom stereocenters. The molecular weight excluding hydrogens is 617 g/mol. The van der Waals surface area contributed by atoms with Crippen molar-refractivity contribution < 1.29 is 0 Å². The Hall–Kier alpha value is -6.66. The van der Waals surface area contributed by atoms with Crippen molar-refractivity contribution in [2.24, 2.45) is 0 Å². The minimum absolute atomic E-state index is 0.599. The van der Waals surface area contributed by atoms with Gasteiger partial charge in [0.15, 0.2) is 0 Å². The molecule has 0 aliphatic rings. The van der Waals surface area contributed by atoms with Gasteiger partial charge in [0.1, 0.15) is 0 Å². The molecule has 3 heterocycles. The maximum atomic E-state index is 10.1. The summed E-state index contributed by atoms with van der Waals surface area (Å²) >= 11 is 1.85. The van der Waals surface area contributed by atoms with Crippen molar-refractivity contribution in [2.45, 2.75) is 0 Å². The SMILES string of the molecule is N#Cc1ccc(-n2c3ccccc3c3cc(C#N)ccc32)c(-c2ccc3c4c5sc6ccccc6c5ccc4n(-c4ccccc4)c3c2)c1. The molecule has 10 rings (SSSR count). The summed E-state index contributed by atoms with van der Waals surface area (Å²) in [6.45, 7) is 0. The molecule has 0 fully saturated rings. The molecule has 0 amide bonds. The number of nitrogens with zero attached hydrogens (tertiary/aromatic N) is 4. The first-order chi connectivity index (χ1) is 24.2. The lowest BCUT2D eigenvalue weighted by Crippen LogP contribution is -1.98. The maximum Gasteiger partial charge on any atom is 0.0991 e. The van der Waals surface area contributed by atoms with E-state index in [0.717, 1.165) is 49.8 Å². The minimum atomic E-state index is 0.599. The Balaban J connectivity index is 1.30. The summed E-state index contributed by atoms with van der Waals surface area (Å²) in [5.74, 6) is 0. The van der Waals surface area contributed by atoms with Crippen LogP contribution in [0.1, 0.15) is 11.1 Å². The number of fused-ring (bicyclic) bond motifs is 10. The van der Waals surface area contributed by atoms with Crippen LogP contribution in [0.5, 0.6) is 0 Å². The molecule has 226 valence electrons. The van der Waals surface area contributed by atoms with Crippen molar-refractivity contribution in [1.82, 2.24) is 9.13 Å². The quantitative estimate of drug-likeness (QED) is 0.193. The van der Waals surface area contributed by atoms with Crippen molar-refractivity contribution in [3.8, 4) is 34.6 Å². The number of hydrogen-bond donors (Lipinski definition) is 0. The van der Waals surface area contributed by atoms with Crippen molar-refractivity contribution in [2.75, 3.05) is 0 Å². The number of rotatable bonds is 3. The van der Waals surface area contributed by atoms with Crippen LogP contribution in [0.2, 0.25) is 0 Å². The minimum Gasteiger partial charge on any atom is -0.309 e. The van der Waals surface area contributed by atoms with E-state index in [9.17, 15) is 10.5 Å². The molecule has 0 radical (unpaired) electrons. The standard InChI is InChI=1S/C44H24N4S/c45-25-27-14-19-38(48-37-12-6-4-10-31(37)36-23-28(26-46)15-20-39(36)48)35(22-27)29-16-17-34-41(24-29)47(30-8-2-1-3-9-30)40-21-18-33-32-11-5-7-13-42(32)49-44(33)43(34)40/h1-24H. The number of nitriles is 2. The monoisotopic (exact) mass is 640 g/mol. The summed E-state index contributed by atoms with van der Waals surface area (Å²) < 4.78 is 7.21. The Kier molecular flexibility index (Phi) is 5.84. The van der Waals surface area contributed by atoms with Gasteiger partial charge in [0.2, 0.25) is 0 Å². The van der Waals surface area contributed by atoms with Crippen LogP contribution in [-0.4, -0.2) is 9.13 Å². The van der Waals surface area contributed by atoms with Gasteiger partial charge in [0.25, 0.3) is 0 Å². The fourth-order valence-corrected chi connectivity index (χ4v) is 8.90. The highest BCUT2D eigenvalue weighted by Crippen LogP contribution is 2.45. The van der Waals surface area contributed by atoms with E-state index in [1.165, 1.54) is 36.5 Å². The third-order valence-electron chi connectivity index (χ3n) is 9.77. The molecule has 0 bridgehead atoms. The molecule has 4 nitrogen and oxygen atoms in total. The van der Waals surface area contributed by atoms with Crippen LogP contribution in [0.15, 0.2) is 146 Å². The van der Waals surface area contributed by atoms with Crippen molar-refractivity contribution in [1.29, 1.82) is 10.5 Å². The highest BCUT2D eigenvalue weighted by atomic mass is 32.1. The van der Waals surface area contributed by atoms with Crippen LogP contribution < -0.4 is 0 Å². The van der Waals surface area contributed by atoms with Gasteiger partial charge in [-0.2, -0.15) is 10.5 Å². The normalized spacial score (nSPS) is 11.6. The molecule has 0 aliphatic carbocycles. The van der Waals surface area contributed by atoms with Gasteiger partial charge in [-0.3, -0.25) is 0 Å². The van der Waals surface area contributed by atoms with E-state index in [-0.39, 0.29) is 0 Å². The van der Waals surface area contributed by atoms with Crippen molar-refractivity contribution in [3.05, 3.63) is 157 Å². The van der Waals surface area contributed by atoms with Gasteiger partial charge in [-0.1, -0.05) is 72.8 Å². The third-order valence-corrected chi connectivity index (χ3v) is 11.0. The molecule has 3 aromatic heterocycles. The maximum absolute atomic E-state index is 10.1. The van der Waals surface area contributed by atoms with Gasteiger partial charge in [-0.05, 0) is 78.4 Å². The van der Waals surface area contributed by atoms with Crippen LogP contribution in [0.3, 0.4) is 0 Å². The predicted octanol–water partition coefficient (Wildman–Crippen LogP) is 11.7. The predicted molar refractivity (Wildman–Crippen MR) is 203 cm³/mol. The zero-order chi connectivity index (χ0) is 32.6. The number of thiophene rings is 1. The zero-order valence-corrected chi connectivity index (χ0v) is 26.9. The Morgan fingerprint density at radius 3 is 2.02 bits per heavy atom. The number of para-hydroxylation sites is 2. The first-order valence-electron chi connectivity index (χ1n) is 16.1. The molecule has 0 spiro atoms. The number of benzene rings is 7. The highest BCUT2D eigenvalue weighted by Gasteiger charge is 2.21. The van der Waals surface area contributed by atoms with Crippen molar-refractivity contribution in [3.63, 3.8) is 0 Å². The number of aromatic nitrogens is 2. The molecule has 0 aliphatic heterocycles. The van der Waals surface area contributed by atoms with Crippen molar-refractivity contribution >= 4 is 75.1 Å². The zero-order valence-electron chi connectivity index (χ0n) is 26.1. The molecule has 7 aromatic carbocycles. The number of hydrogen-bond acceptors (Lipinski definition) is 3. The Bertz CT molecular complexity index is 3070. The summed E-state index contributed by atoms with van der Waals surface area (Å²) in [5.41, 5.74) is 9.62. The van der Waals surface area contributed by atoms with E-state index in [2.05, 4.69) is 124 Å². The van der Waals surface area contributed by atoms with Gasteiger partial charge in [-0.25, -0.2) is 0 Å². The van der Waals surface area contributed by atoms with Crippen LogP contribution >= 0.6 is 11.3 Å². The van der Waals surface area contributed by atoms with E-state index in [1.807, 2.05) is 53.8 Å². The first kappa shape index (κ1) is 27.5. The molecule has 0 saturated carbocycles. The second kappa shape index (κ2) is 10.4. The van der Waals surface area contributed by atoms with E-state index in [0.29, 0.717) is 11.1 Å². The lowest BCUT2D eigenvalue weighted by Gasteiger charge is -2.15. The third kappa shape index (κ3) is 3.95. The molecular formula is C44H24N4S. The molecule has 0 N–H and O–H groups in total. The Labute approximate surface area is 285 Å². The molecule has 49 heavy (non-hydrogen) atoms. The average molecular weight is 641 g/mol. The smallest absolute Gasteiger partial charge is 0.0991 e. The van der Waals surface area contributed by atoms with Crippen LogP contribution in [-0.2, 0) is 0 Å². The second-order valence-corrected chi connectivity index (χ2v) is 13.4.